The van der Waals surface area contributed by atoms with Gasteiger partial charge >= 0.3 is 17.5 Å². The lowest BCUT2D eigenvalue weighted by Gasteiger charge is -2.10. The first-order valence-corrected chi connectivity index (χ1v) is 6.84. The minimum absolute atomic E-state index is 0.0454. The van der Waals surface area contributed by atoms with Gasteiger partial charge in [-0.15, -0.1) is 0 Å². The third-order valence-electron chi connectivity index (χ3n) is 2.11. The molecule has 0 atom stereocenters. The number of rotatable bonds is 5. The van der Waals surface area contributed by atoms with Gasteiger partial charge in [0, 0.05) is 17.3 Å². The number of benzene rings is 1. The van der Waals surface area contributed by atoms with Gasteiger partial charge < -0.3 is 15.7 Å². The molecule has 5 nitrogen and oxygen atoms in total. The van der Waals surface area contributed by atoms with Crippen molar-refractivity contribution >= 4 is 41.1 Å². The van der Waals surface area contributed by atoms with E-state index in [-0.39, 0.29) is 40.3 Å². The second kappa shape index (κ2) is 7.41. The molecule has 0 fully saturated rings. The standard InChI is InChI=1S/C11H10ClF3N2O3S/c12-6-1-2-7(9(18)19)8(5-6)17-10(20)16-3-4-21-11(13,14)15/h1-2,5H,3-4H2,(H,18,19)(H2,16,17,20). The zero-order valence-corrected chi connectivity index (χ0v) is 11.9. The van der Waals surface area contributed by atoms with Gasteiger partial charge in [0.05, 0.1) is 11.3 Å². The van der Waals surface area contributed by atoms with E-state index >= 15 is 0 Å². The molecular formula is C11H10ClF3N2O3S. The number of carbonyl (C=O) groups excluding carboxylic acids is 1. The molecule has 0 saturated carbocycles. The van der Waals surface area contributed by atoms with Crippen molar-refractivity contribution in [3.05, 3.63) is 28.8 Å². The smallest absolute Gasteiger partial charge is 0.441 e. The molecule has 1 rings (SSSR count). The number of carbonyl (C=O) groups is 2. The minimum Gasteiger partial charge on any atom is -0.478 e. The molecule has 0 aliphatic rings. The molecule has 0 radical (unpaired) electrons. The number of carboxylic acids is 1. The summed E-state index contributed by atoms with van der Waals surface area (Å²) >= 11 is 5.42. The van der Waals surface area contributed by atoms with Crippen molar-refractivity contribution in [2.75, 3.05) is 17.6 Å². The lowest BCUT2D eigenvalue weighted by molar-refractivity contribution is -0.0327. The maximum Gasteiger partial charge on any atom is 0.441 e. The summed E-state index contributed by atoms with van der Waals surface area (Å²) in [5.41, 5.74) is -4.59. The van der Waals surface area contributed by atoms with Gasteiger partial charge in [-0.25, -0.2) is 9.59 Å². The molecular weight excluding hydrogens is 333 g/mol. The number of carboxylic acid groups (broad SMARTS) is 1. The van der Waals surface area contributed by atoms with Gasteiger partial charge in [0.15, 0.2) is 0 Å². The molecule has 0 aromatic heterocycles. The Balaban J connectivity index is 2.55. The maximum atomic E-state index is 11.9. The Labute approximate surface area is 126 Å². The number of alkyl halides is 3. The van der Waals surface area contributed by atoms with Crippen LogP contribution in [0.4, 0.5) is 23.7 Å². The Kier molecular flexibility index (Phi) is 6.16. The van der Waals surface area contributed by atoms with Crippen molar-refractivity contribution in [1.82, 2.24) is 5.32 Å². The number of halogens is 4. The third kappa shape index (κ3) is 6.58. The van der Waals surface area contributed by atoms with Gasteiger partial charge in [-0.2, -0.15) is 13.2 Å². The van der Waals surface area contributed by atoms with E-state index in [0.29, 0.717) is 0 Å². The van der Waals surface area contributed by atoms with Crippen LogP contribution in [0.25, 0.3) is 0 Å². The zero-order valence-electron chi connectivity index (χ0n) is 10.3. The third-order valence-corrected chi connectivity index (χ3v) is 3.08. The molecule has 1 aromatic rings. The van der Waals surface area contributed by atoms with Crippen molar-refractivity contribution in [2.24, 2.45) is 0 Å². The second-order valence-electron chi connectivity index (χ2n) is 3.67. The van der Waals surface area contributed by atoms with E-state index in [9.17, 15) is 22.8 Å². The largest absolute Gasteiger partial charge is 0.478 e. The number of nitrogens with one attached hydrogen (secondary N) is 2. The van der Waals surface area contributed by atoms with Crippen LogP contribution in [-0.4, -0.2) is 34.9 Å². The molecule has 3 N–H and O–H groups in total. The summed E-state index contributed by atoms with van der Waals surface area (Å²) < 4.78 is 35.6. The lowest BCUT2D eigenvalue weighted by Crippen LogP contribution is -2.31. The summed E-state index contributed by atoms with van der Waals surface area (Å²) in [6.45, 7) is -0.223. The fourth-order valence-corrected chi connectivity index (χ4v) is 1.91. The second-order valence-corrected chi connectivity index (χ2v) is 5.27. The van der Waals surface area contributed by atoms with E-state index in [1.807, 2.05) is 0 Å². The summed E-state index contributed by atoms with van der Waals surface area (Å²) in [4.78, 5) is 22.4. The van der Waals surface area contributed by atoms with Crippen molar-refractivity contribution in [2.45, 2.75) is 5.51 Å². The van der Waals surface area contributed by atoms with Crippen molar-refractivity contribution in [1.29, 1.82) is 0 Å². The average molecular weight is 343 g/mol. The van der Waals surface area contributed by atoms with Crippen LogP contribution in [0.1, 0.15) is 10.4 Å². The van der Waals surface area contributed by atoms with Crippen LogP contribution in [-0.2, 0) is 0 Å². The van der Waals surface area contributed by atoms with Crippen molar-refractivity contribution < 1.29 is 27.9 Å². The molecule has 2 amide bonds. The Bertz CT molecular complexity index is 540. The van der Waals surface area contributed by atoms with E-state index in [0.717, 1.165) is 0 Å². The van der Waals surface area contributed by atoms with Gasteiger partial charge in [0.25, 0.3) is 0 Å². The fraction of sp³-hybridized carbons (Fsp3) is 0.273. The molecule has 0 saturated heterocycles. The highest BCUT2D eigenvalue weighted by Gasteiger charge is 2.27. The molecule has 0 heterocycles. The number of thioether (sulfide) groups is 1. The quantitative estimate of drug-likeness (QED) is 0.716. The number of hydrogen-bond acceptors (Lipinski definition) is 3. The summed E-state index contributed by atoms with van der Waals surface area (Å²) in [6, 6.07) is 2.96. The predicted molar refractivity (Wildman–Crippen MR) is 73.9 cm³/mol. The SMILES string of the molecule is O=C(NCCSC(F)(F)F)Nc1cc(Cl)ccc1C(=O)O. The van der Waals surface area contributed by atoms with Crippen LogP contribution in [0.5, 0.6) is 0 Å². The number of amides is 2. The first-order valence-electron chi connectivity index (χ1n) is 5.47. The highest BCUT2D eigenvalue weighted by molar-refractivity contribution is 8.00. The van der Waals surface area contributed by atoms with Gasteiger partial charge in [-0.1, -0.05) is 11.6 Å². The molecule has 21 heavy (non-hydrogen) atoms. The Hall–Kier alpha value is -1.61. The van der Waals surface area contributed by atoms with E-state index < -0.39 is 17.5 Å². The predicted octanol–water partition coefficient (Wildman–Crippen LogP) is 3.41. The Morgan fingerprint density at radius 1 is 1.33 bits per heavy atom. The van der Waals surface area contributed by atoms with Crippen LogP contribution >= 0.6 is 23.4 Å². The van der Waals surface area contributed by atoms with Gasteiger partial charge in [0.1, 0.15) is 0 Å². The number of anilines is 1. The number of urea groups is 1. The molecule has 10 heteroatoms. The molecule has 0 aliphatic heterocycles. The molecule has 116 valence electrons. The highest BCUT2D eigenvalue weighted by atomic mass is 35.5. The zero-order chi connectivity index (χ0) is 16.0. The van der Waals surface area contributed by atoms with E-state index in [2.05, 4.69) is 10.6 Å². The fourth-order valence-electron chi connectivity index (χ4n) is 1.30. The summed E-state index contributed by atoms with van der Waals surface area (Å²) in [6.07, 6.45) is 0. The monoisotopic (exact) mass is 342 g/mol. The molecule has 1 aromatic carbocycles. The van der Waals surface area contributed by atoms with Crippen LogP contribution < -0.4 is 10.6 Å². The molecule has 0 unspecified atom stereocenters. The topological polar surface area (TPSA) is 78.4 Å². The van der Waals surface area contributed by atoms with E-state index in [1.165, 1.54) is 18.2 Å². The highest BCUT2D eigenvalue weighted by Crippen LogP contribution is 2.29. The first kappa shape index (κ1) is 17.4. The Morgan fingerprint density at radius 2 is 2.00 bits per heavy atom. The number of aromatic carboxylic acids is 1. The van der Waals surface area contributed by atoms with Crippen LogP contribution in [0.3, 0.4) is 0 Å². The first-order chi connectivity index (χ1) is 9.69. The van der Waals surface area contributed by atoms with Gasteiger partial charge in [-0.05, 0) is 30.0 Å². The normalized spacial score (nSPS) is 11.0. The van der Waals surface area contributed by atoms with Crippen LogP contribution in [0.15, 0.2) is 18.2 Å². The summed E-state index contributed by atoms with van der Waals surface area (Å²) in [7, 11) is 0. The Morgan fingerprint density at radius 3 is 2.57 bits per heavy atom. The summed E-state index contributed by atoms with van der Waals surface area (Å²) in [5.74, 6) is -1.62. The van der Waals surface area contributed by atoms with E-state index in [4.69, 9.17) is 16.7 Å². The van der Waals surface area contributed by atoms with Crippen LogP contribution in [0.2, 0.25) is 5.02 Å². The lowest BCUT2D eigenvalue weighted by atomic mass is 10.2. The molecule has 0 spiro atoms. The maximum absolute atomic E-state index is 11.9. The number of hydrogen-bond donors (Lipinski definition) is 3. The van der Waals surface area contributed by atoms with Crippen molar-refractivity contribution in [3.8, 4) is 0 Å². The average Bonchev–Trinajstić information content (AvgIpc) is 2.33. The van der Waals surface area contributed by atoms with Gasteiger partial charge in [0.2, 0.25) is 0 Å². The van der Waals surface area contributed by atoms with Crippen molar-refractivity contribution in [3.63, 3.8) is 0 Å². The minimum atomic E-state index is -4.36. The summed E-state index contributed by atoms with van der Waals surface area (Å²) in [5, 5.41) is 13.5. The van der Waals surface area contributed by atoms with Crippen LogP contribution in [0, 0.1) is 0 Å². The molecule has 0 bridgehead atoms. The van der Waals surface area contributed by atoms with Gasteiger partial charge in [-0.3, -0.25) is 0 Å². The van der Waals surface area contributed by atoms with E-state index in [1.54, 1.807) is 0 Å². The molecule has 0 aliphatic carbocycles.